The molecule has 118 valence electrons. The van der Waals surface area contributed by atoms with E-state index in [-0.39, 0.29) is 23.8 Å². The third-order valence-corrected chi connectivity index (χ3v) is 5.39. The number of nitrogens with two attached hydrogens (primary N) is 1. The van der Waals surface area contributed by atoms with Gasteiger partial charge < -0.3 is 5.73 Å². The van der Waals surface area contributed by atoms with E-state index in [4.69, 9.17) is 5.73 Å². The summed E-state index contributed by atoms with van der Waals surface area (Å²) in [6.07, 6.45) is 1.44. The summed E-state index contributed by atoms with van der Waals surface area (Å²) in [4.78, 5) is 0.254. The number of aryl methyl sites for hydroxylation is 2. The van der Waals surface area contributed by atoms with Crippen molar-refractivity contribution in [3.63, 3.8) is 0 Å². The van der Waals surface area contributed by atoms with E-state index in [1.165, 1.54) is 0 Å². The Morgan fingerprint density at radius 2 is 1.80 bits per heavy atom. The van der Waals surface area contributed by atoms with Crippen LogP contribution in [0.5, 0.6) is 0 Å². The van der Waals surface area contributed by atoms with Crippen LogP contribution in [0, 0.1) is 13.8 Å². The number of aromatic nitrogens is 2. The van der Waals surface area contributed by atoms with Crippen molar-refractivity contribution in [2.24, 2.45) is 12.8 Å². The Labute approximate surface area is 127 Å². The molecule has 8 heteroatoms. The number of hydrogen-bond donors (Lipinski definition) is 2. The molecule has 1 aromatic rings. The van der Waals surface area contributed by atoms with Gasteiger partial charge in [0.15, 0.2) is 0 Å². The molecule has 0 amide bonds. The summed E-state index contributed by atoms with van der Waals surface area (Å²) in [7, 11) is -1.84. The van der Waals surface area contributed by atoms with Crippen molar-refractivity contribution in [3.05, 3.63) is 11.4 Å². The summed E-state index contributed by atoms with van der Waals surface area (Å²) in [6.45, 7) is 7.58. The van der Waals surface area contributed by atoms with Gasteiger partial charge in [0.25, 0.3) is 0 Å². The molecule has 0 saturated heterocycles. The SMILES string of the molecule is CCC(N)(CC)CNS(=O)(=O)c1c(C)nn(C)c1C.Cl. The van der Waals surface area contributed by atoms with E-state index in [0.29, 0.717) is 11.4 Å². The highest BCUT2D eigenvalue weighted by Crippen LogP contribution is 2.19. The molecule has 0 radical (unpaired) electrons. The average molecular weight is 325 g/mol. The van der Waals surface area contributed by atoms with Crippen molar-refractivity contribution in [2.45, 2.75) is 51.0 Å². The molecule has 0 unspecified atom stereocenters. The van der Waals surface area contributed by atoms with Crippen LogP contribution in [-0.4, -0.2) is 30.3 Å². The molecule has 0 aromatic carbocycles. The summed E-state index contributed by atoms with van der Waals surface area (Å²) >= 11 is 0. The molecule has 1 heterocycles. The molecule has 0 fully saturated rings. The van der Waals surface area contributed by atoms with Crippen molar-refractivity contribution in [1.29, 1.82) is 0 Å². The van der Waals surface area contributed by atoms with Crippen LogP contribution in [0.25, 0.3) is 0 Å². The lowest BCUT2D eigenvalue weighted by Gasteiger charge is -2.26. The van der Waals surface area contributed by atoms with Gasteiger partial charge in [-0.15, -0.1) is 12.4 Å². The monoisotopic (exact) mass is 324 g/mol. The van der Waals surface area contributed by atoms with E-state index in [1.54, 1.807) is 25.6 Å². The van der Waals surface area contributed by atoms with Crippen LogP contribution in [0.15, 0.2) is 4.90 Å². The van der Waals surface area contributed by atoms with Crippen LogP contribution in [0.4, 0.5) is 0 Å². The van der Waals surface area contributed by atoms with Gasteiger partial charge in [0.05, 0.1) is 11.4 Å². The maximum atomic E-state index is 12.3. The second kappa shape index (κ2) is 6.89. The van der Waals surface area contributed by atoms with Crippen molar-refractivity contribution < 1.29 is 8.42 Å². The lowest BCUT2D eigenvalue weighted by Crippen LogP contribution is -2.49. The Kier molecular flexibility index (Phi) is 6.67. The summed E-state index contributed by atoms with van der Waals surface area (Å²) in [6, 6.07) is 0. The Hall–Kier alpha value is -0.630. The molecule has 20 heavy (non-hydrogen) atoms. The van der Waals surface area contributed by atoms with E-state index in [0.717, 1.165) is 12.8 Å². The van der Waals surface area contributed by atoms with Gasteiger partial charge in [0.2, 0.25) is 10.0 Å². The number of nitrogens with one attached hydrogen (secondary N) is 1. The molecule has 0 aliphatic heterocycles. The Balaban J connectivity index is 0.00000361. The summed E-state index contributed by atoms with van der Waals surface area (Å²) in [5.74, 6) is 0. The fourth-order valence-electron chi connectivity index (χ4n) is 1.95. The second-order valence-electron chi connectivity index (χ2n) is 5.02. The zero-order valence-electron chi connectivity index (χ0n) is 12.7. The lowest BCUT2D eigenvalue weighted by molar-refractivity contribution is 0.391. The van der Waals surface area contributed by atoms with Crippen molar-refractivity contribution >= 4 is 22.4 Å². The zero-order valence-corrected chi connectivity index (χ0v) is 14.4. The first-order valence-corrected chi connectivity index (χ1v) is 7.94. The van der Waals surface area contributed by atoms with Gasteiger partial charge in [-0.25, -0.2) is 13.1 Å². The standard InChI is InChI=1S/C12H24N4O2S.ClH/c1-6-12(13,7-2)8-14-19(17,18)11-9(3)15-16(5)10(11)4;/h14H,6-8,13H2,1-5H3;1H. The first-order valence-electron chi connectivity index (χ1n) is 6.45. The van der Waals surface area contributed by atoms with Gasteiger partial charge in [0, 0.05) is 19.1 Å². The fourth-order valence-corrected chi connectivity index (χ4v) is 3.53. The predicted molar refractivity (Wildman–Crippen MR) is 82.6 cm³/mol. The van der Waals surface area contributed by atoms with E-state index >= 15 is 0 Å². The van der Waals surface area contributed by atoms with Crippen molar-refractivity contribution in [3.8, 4) is 0 Å². The maximum absolute atomic E-state index is 12.3. The second-order valence-corrected chi connectivity index (χ2v) is 6.72. The number of nitrogens with zero attached hydrogens (tertiary/aromatic N) is 2. The minimum Gasteiger partial charge on any atom is -0.324 e. The normalized spacial score (nSPS) is 12.3. The zero-order chi connectivity index (χ0) is 14.8. The topological polar surface area (TPSA) is 90.0 Å². The Morgan fingerprint density at radius 1 is 1.30 bits per heavy atom. The molecule has 1 rings (SSSR count). The van der Waals surface area contributed by atoms with Crippen LogP contribution in [0.2, 0.25) is 0 Å². The highest BCUT2D eigenvalue weighted by atomic mass is 35.5. The van der Waals surface area contributed by atoms with Gasteiger partial charge in [-0.2, -0.15) is 5.10 Å². The van der Waals surface area contributed by atoms with Crippen LogP contribution < -0.4 is 10.5 Å². The highest BCUT2D eigenvalue weighted by Gasteiger charge is 2.27. The summed E-state index contributed by atoms with van der Waals surface area (Å²) in [5.41, 5.74) is 6.74. The first kappa shape index (κ1) is 19.4. The van der Waals surface area contributed by atoms with Crippen LogP contribution >= 0.6 is 12.4 Å². The van der Waals surface area contributed by atoms with Crippen LogP contribution in [0.1, 0.15) is 38.1 Å². The maximum Gasteiger partial charge on any atom is 0.244 e. The minimum atomic E-state index is -3.57. The third-order valence-electron chi connectivity index (χ3n) is 3.73. The smallest absolute Gasteiger partial charge is 0.244 e. The third kappa shape index (κ3) is 3.94. The Bertz CT molecular complexity index is 550. The molecule has 3 N–H and O–H groups in total. The van der Waals surface area contributed by atoms with Gasteiger partial charge in [-0.05, 0) is 26.7 Å². The van der Waals surface area contributed by atoms with Crippen LogP contribution in [0.3, 0.4) is 0 Å². The summed E-state index contributed by atoms with van der Waals surface area (Å²) in [5, 5.41) is 4.13. The number of hydrogen-bond acceptors (Lipinski definition) is 4. The van der Waals surface area contributed by atoms with Gasteiger partial charge in [-0.1, -0.05) is 13.8 Å². The van der Waals surface area contributed by atoms with E-state index < -0.39 is 15.6 Å². The quantitative estimate of drug-likeness (QED) is 0.824. The van der Waals surface area contributed by atoms with Crippen LogP contribution in [-0.2, 0) is 17.1 Å². The largest absolute Gasteiger partial charge is 0.324 e. The Morgan fingerprint density at radius 3 is 2.15 bits per heavy atom. The number of rotatable bonds is 6. The van der Waals surface area contributed by atoms with Crippen molar-refractivity contribution in [2.75, 3.05) is 6.54 Å². The average Bonchev–Trinajstić information content (AvgIpc) is 2.61. The number of halogens is 1. The lowest BCUT2D eigenvalue weighted by atomic mass is 9.95. The molecule has 0 aliphatic rings. The number of sulfonamides is 1. The first-order chi connectivity index (χ1) is 8.67. The van der Waals surface area contributed by atoms with E-state index in [9.17, 15) is 8.42 Å². The minimum absolute atomic E-state index is 0. The van der Waals surface area contributed by atoms with Gasteiger partial charge in [0.1, 0.15) is 4.90 Å². The molecule has 6 nitrogen and oxygen atoms in total. The van der Waals surface area contributed by atoms with E-state index in [1.807, 2.05) is 13.8 Å². The predicted octanol–water partition coefficient (Wildman–Crippen LogP) is 1.25. The van der Waals surface area contributed by atoms with Crippen molar-refractivity contribution in [1.82, 2.24) is 14.5 Å². The highest BCUT2D eigenvalue weighted by molar-refractivity contribution is 7.89. The summed E-state index contributed by atoms with van der Waals surface area (Å²) < 4.78 is 28.9. The van der Waals surface area contributed by atoms with Gasteiger partial charge >= 0.3 is 0 Å². The molecule has 0 bridgehead atoms. The van der Waals surface area contributed by atoms with E-state index in [2.05, 4.69) is 9.82 Å². The molecule has 0 aliphatic carbocycles. The molecule has 1 aromatic heterocycles. The van der Waals surface area contributed by atoms with Gasteiger partial charge in [-0.3, -0.25) is 4.68 Å². The molecular formula is C12H25ClN4O2S. The molecule has 0 saturated carbocycles. The fraction of sp³-hybridized carbons (Fsp3) is 0.750. The molecular weight excluding hydrogens is 300 g/mol. The molecule has 0 spiro atoms. The molecule has 0 atom stereocenters.